The molecular formula is C16H22N4OS. The lowest BCUT2D eigenvalue weighted by Crippen LogP contribution is -2.61. The van der Waals surface area contributed by atoms with E-state index in [-0.39, 0.29) is 5.91 Å². The zero-order chi connectivity index (χ0) is 15.3. The van der Waals surface area contributed by atoms with Crippen molar-refractivity contribution in [3.8, 4) is 0 Å². The van der Waals surface area contributed by atoms with E-state index in [1.807, 2.05) is 0 Å². The van der Waals surface area contributed by atoms with Crippen LogP contribution in [0.15, 0.2) is 6.20 Å². The molecule has 2 fully saturated rings. The van der Waals surface area contributed by atoms with Crippen molar-refractivity contribution in [1.82, 2.24) is 19.6 Å². The van der Waals surface area contributed by atoms with Crippen LogP contribution >= 0.6 is 11.3 Å². The number of aryl methyl sites for hydroxylation is 2. The summed E-state index contributed by atoms with van der Waals surface area (Å²) in [5, 5.41) is 3.18. The minimum Gasteiger partial charge on any atom is -0.351 e. The van der Waals surface area contributed by atoms with Gasteiger partial charge in [-0.15, -0.1) is 11.3 Å². The highest BCUT2D eigenvalue weighted by molar-refractivity contribution is 7.17. The Balaban J connectivity index is 1.65. The average molecular weight is 318 g/mol. The molecule has 5 nitrogen and oxygen atoms in total. The molecule has 1 N–H and O–H groups in total. The van der Waals surface area contributed by atoms with Gasteiger partial charge in [0.2, 0.25) is 5.91 Å². The van der Waals surface area contributed by atoms with Gasteiger partial charge in [0, 0.05) is 29.7 Å². The third-order valence-corrected chi connectivity index (χ3v) is 5.88. The number of amides is 1. The summed E-state index contributed by atoms with van der Waals surface area (Å²) in [5.74, 6) is 0.170. The van der Waals surface area contributed by atoms with Crippen LogP contribution in [-0.2, 0) is 11.3 Å². The second-order valence-corrected chi connectivity index (χ2v) is 7.78. The van der Waals surface area contributed by atoms with Crippen molar-refractivity contribution in [1.29, 1.82) is 0 Å². The summed E-state index contributed by atoms with van der Waals surface area (Å²) in [5.41, 5.74) is 2.32. The van der Waals surface area contributed by atoms with Gasteiger partial charge in [0.1, 0.15) is 0 Å². The fourth-order valence-corrected chi connectivity index (χ4v) is 4.83. The molecule has 118 valence electrons. The molecule has 2 aromatic rings. The highest BCUT2D eigenvalue weighted by atomic mass is 32.1. The van der Waals surface area contributed by atoms with Gasteiger partial charge < -0.3 is 5.32 Å². The van der Waals surface area contributed by atoms with E-state index in [0.717, 1.165) is 23.6 Å². The van der Waals surface area contributed by atoms with Crippen molar-refractivity contribution in [2.75, 3.05) is 6.54 Å². The molecule has 2 atom stereocenters. The minimum atomic E-state index is 0.170. The summed E-state index contributed by atoms with van der Waals surface area (Å²) >= 11 is 1.73. The lowest BCUT2D eigenvalue weighted by Gasteiger charge is -2.43. The molecule has 3 heterocycles. The molecule has 2 aromatic heterocycles. The lowest BCUT2D eigenvalue weighted by atomic mass is 9.87. The molecule has 1 amide bonds. The third-order valence-electron chi connectivity index (χ3n) is 4.99. The first-order valence-electron chi connectivity index (χ1n) is 8.09. The lowest BCUT2D eigenvalue weighted by molar-refractivity contribution is -0.128. The van der Waals surface area contributed by atoms with Gasteiger partial charge in [-0.05, 0) is 26.7 Å². The first-order chi connectivity index (χ1) is 10.6. The molecule has 0 radical (unpaired) electrons. The summed E-state index contributed by atoms with van der Waals surface area (Å²) in [6.07, 6.45) is 6.97. The first-order valence-corrected chi connectivity index (χ1v) is 8.91. The van der Waals surface area contributed by atoms with E-state index in [4.69, 9.17) is 0 Å². The van der Waals surface area contributed by atoms with Gasteiger partial charge in [0.15, 0.2) is 4.96 Å². The quantitative estimate of drug-likeness (QED) is 0.924. The molecule has 22 heavy (non-hydrogen) atoms. The number of rotatable bonds is 2. The first kappa shape index (κ1) is 14.2. The van der Waals surface area contributed by atoms with Crippen LogP contribution in [0.1, 0.15) is 41.9 Å². The van der Waals surface area contributed by atoms with Crippen LogP contribution in [0.5, 0.6) is 0 Å². The third kappa shape index (κ3) is 2.34. The smallest absolute Gasteiger partial charge is 0.234 e. The number of aromatic nitrogens is 2. The van der Waals surface area contributed by atoms with Gasteiger partial charge in [-0.25, -0.2) is 4.98 Å². The van der Waals surface area contributed by atoms with Crippen LogP contribution in [0.4, 0.5) is 0 Å². The summed E-state index contributed by atoms with van der Waals surface area (Å²) in [7, 11) is 0. The SMILES string of the molecule is Cc1cn2c(CN3CC(=O)NC4CCCCC43)c(C)nc2s1. The maximum Gasteiger partial charge on any atom is 0.234 e. The Kier molecular flexibility index (Phi) is 3.46. The second-order valence-electron chi connectivity index (χ2n) is 6.57. The van der Waals surface area contributed by atoms with Gasteiger partial charge in [-0.1, -0.05) is 12.8 Å². The van der Waals surface area contributed by atoms with Crippen molar-refractivity contribution in [2.24, 2.45) is 0 Å². The largest absolute Gasteiger partial charge is 0.351 e. The maximum atomic E-state index is 12.0. The van der Waals surface area contributed by atoms with Crippen LogP contribution < -0.4 is 5.32 Å². The van der Waals surface area contributed by atoms with Gasteiger partial charge in [-0.3, -0.25) is 14.1 Å². The van der Waals surface area contributed by atoms with Gasteiger partial charge >= 0.3 is 0 Å². The average Bonchev–Trinajstić information content (AvgIpc) is 2.96. The van der Waals surface area contributed by atoms with Crippen LogP contribution in [0.2, 0.25) is 0 Å². The van der Waals surface area contributed by atoms with E-state index < -0.39 is 0 Å². The van der Waals surface area contributed by atoms with E-state index in [1.54, 1.807) is 11.3 Å². The highest BCUT2D eigenvalue weighted by Crippen LogP contribution is 2.28. The van der Waals surface area contributed by atoms with Crippen LogP contribution in [0.25, 0.3) is 4.96 Å². The Morgan fingerprint density at radius 3 is 3.05 bits per heavy atom. The predicted molar refractivity (Wildman–Crippen MR) is 87.1 cm³/mol. The number of piperazine rings is 1. The number of nitrogens with one attached hydrogen (secondary N) is 1. The Bertz CT molecular complexity index is 719. The molecule has 0 aromatic carbocycles. The normalized spacial score (nSPS) is 26.2. The van der Waals surface area contributed by atoms with Crippen molar-refractivity contribution < 1.29 is 4.79 Å². The molecule has 4 rings (SSSR count). The summed E-state index contributed by atoms with van der Waals surface area (Å²) in [6, 6.07) is 0.819. The molecular weight excluding hydrogens is 296 g/mol. The summed E-state index contributed by atoms with van der Waals surface area (Å²) < 4.78 is 2.21. The van der Waals surface area contributed by atoms with Crippen molar-refractivity contribution >= 4 is 22.2 Å². The molecule has 0 bridgehead atoms. The van der Waals surface area contributed by atoms with Gasteiger partial charge in [0.05, 0.1) is 17.9 Å². The van der Waals surface area contributed by atoms with E-state index in [9.17, 15) is 4.79 Å². The highest BCUT2D eigenvalue weighted by Gasteiger charge is 2.36. The molecule has 1 saturated carbocycles. The van der Waals surface area contributed by atoms with E-state index in [2.05, 4.69) is 39.6 Å². The number of fused-ring (bicyclic) bond motifs is 2. The minimum absolute atomic E-state index is 0.170. The predicted octanol–water partition coefficient (Wildman–Crippen LogP) is 2.26. The van der Waals surface area contributed by atoms with E-state index in [0.29, 0.717) is 18.6 Å². The van der Waals surface area contributed by atoms with Crippen molar-refractivity contribution in [3.63, 3.8) is 0 Å². The van der Waals surface area contributed by atoms with Crippen LogP contribution in [-0.4, -0.2) is 38.8 Å². The Morgan fingerprint density at radius 1 is 1.36 bits per heavy atom. The Labute approximate surface area is 134 Å². The topological polar surface area (TPSA) is 49.6 Å². The fourth-order valence-electron chi connectivity index (χ4n) is 3.94. The monoisotopic (exact) mass is 318 g/mol. The number of nitrogens with zero attached hydrogens (tertiary/aromatic N) is 3. The summed E-state index contributed by atoms with van der Waals surface area (Å²) in [6.45, 7) is 5.52. The second kappa shape index (κ2) is 5.35. The van der Waals surface area contributed by atoms with Crippen LogP contribution in [0.3, 0.4) is 0 Å². The van der Waals surface area contributed by atoms with Crippen molar-refractivity contribution in [3.05, 3.63) is 22.5 Å². The zero-order valence-corrected chi connectivity index (χ0v) is 13.9. The molecule has 1 aliphatic carbocycles. The molecule has 0 spiro atoms. The van der Waals surface area contributed by atoms with Crippen molar-refractivity contribution in [2.45, 2.75) is 58.2 Å². The maximum absolute atomic E-state index is 12.0. The van der Waals surface area contributed by atoms with Gasteiger partial charge in [-0.2, -0.15) is 0 Å². The fraction of sp³-hybridized carbons (Fsp3) is 0.625. The van der Waals surface area contributed by atoms with Crippen LogP contribution in [0, 0.1) is 13.8 Å². The Hall–Kier alpha value is -1.40. The Morgan fingerprint density at radius 2 is 2.18 bits per heavy atom. The van der Waals surface area contributed by atoms with Gasteiger partial charge in [0.25, 0.3) is 0 Å². The van der Waals surface area contributed by atoms with E-state index >= 15 is 0 Å². The standard InChI is InChI=1S/C16H22N4OS/c1-10-7-20-14(11(2)17-16(20)22-10)8-19-9-15(21)18-12-5-3-4-6-13(12)19/h7,12-13H,3-6,8-9H2,1-2H3,(H,18,21). The molecule has 2 aliphatic rings. The number of carbonyl (C=O) groups excluding carboxylic acids is 1. The number of thiazole rings is 1. The number of carbonyl (C=O) groups is 1. The number of imidazole rings is 1. The summed E-state index contributed by atoms with van der Waals surface area (Å²) in [4.78, 5) is 21.4. The van der Waals surface area contributed by atoms with E-state index in [1.165, 1.54) is 29.8 Å². The number of hydrogen-bond acceptors (Lipinski definition) is 4. The molecule has 2 unspecified atom stereocenters. The molecule has 1 saturated heterocycles. The molecule has 1 aliphatic heterocycles. The number of hydrogen-bond donors (Lipinski definition) is 1. The molecule has 6 heteroatoms. The zero-order valence-electron chi connectivity index (χ0n) is 13.1.